The molecule has 1 unspecified atom stereocenters. The van der Waals surface area contributed by atoms with Gasteiger partial charge in [0.15, 0.2) is 10.8 Å². The van der Waals surface area contributed by atoms with Gasteiger partial charge >= 0.3 is 12.0 Å². The molecule has 11 heteroatoms. The normalized spacial score (nSPS) is 16.9. The number of imide groups is 1. The van der Waals surface area contributed by atoms with Gasteiger partial charge in [0.2, 0.25) is 5.91 Å². The molecule has 31 heavy (non-hydrogen) atoms. The van der Waals surface area contributed by atoms with Gasteiger partial charge in [0, 0.05) is 5.38 Å². The fourth-order valence-electron chi connectivity index (χ4n) is 3.16. The first-order valence-electron chi connectivity index (χ1n) is 9.45. The van der Waals surface area contributed by atoms with E-state index in [0.717, 1.165) is 16.2 Å². The van der Waals surface area contributed by atoms with Gasteiger partial charge in [0.25, 0.3) is 5.91 Å². The highest BCUT2D eigenvalue weighted by Gasteiger charge is 2.45. The van der Waals surface area contributed by atoms with Crippen molar-refractivity contribution in [3.8, 4) is 0 Å². The van der Waals surface area contributed by atoms with E-state index in [0.29, 0.717) is 5.56 Å². The van der Waals surface area contributed by atoms with E-state index >= 15 is 0 Å². The van der Waals surface area contributed by atoms with Crippen LogP contribution in [0, 0.1) is 11.7 Å². The lowest BCUT2D eigenvalue weighted by molar-refractivity contribution is -0.134. The van der Waals surface area contributed by atoms with Gasteiger partial charge in [-0.25, -0.2) is 23.9 Å². The third-order valence-corrected chi connectivity index (χ3v) is 5.37. The van der Waals surface area contributed by atoms with Crippen LogP contribution < -0.4 is 10.6 Å². The highest BCUT2D eigenvalue weighted by atomic mass is 32.1. The molecule has 2 heterocycles. The molecular weight excluding hydrogens is 427 g/mol. The molecule has 1 aliphatic heterocycles. The molecule has 1 saturated heterocycles. The number of ether oxygens (including phenoxy) is 1. The first-order valence-corrected chi connectivity index (χ1v) is 10.3. The number of methoxy groups -OCH3 is 1. The zero-order valence-electron chi connectivity index (χ0n) is 17.0. The minimum Gasteiger partial charge on any atom is -0.464 e. The molecule has 0 bridgehead atoms. The average molecular weight is 448 g/mol. The van der Waals surface area contributed by atoms with E-state index in [2.05, 4.69) is 20.4 Å². The first-order chi connectivity index (χ1) is 14.7. The van der Waals surface area contributed by atoms with Crippen LogP contribution in [0.4, 0.5) is 14.3 Å². The Morgan fingerprint density at radius 1 is 1.29 bits per heavy atom. The van der Waals surface area contributed by atoms with Gasteiger partial charge < -0.3 is 15.4 Å². The van der Waals surface area contributed by atoms with Crippen LogP contribution in [-0.4, -0.2) is 46.9 Å². The second-order valence-electron chi connectivity index (χ2n) is 7.31. The van der Waals surface area contributed by atoms with E-state index in [4.69, 9.17) is 0 Å². The summed E-state index contributed by atoms with van der Waals surface area (Å²) in [6.07, 6.45) is 0.219. The summed E-state index contributed by atoms with van der Waals surface area (Å²) < 4.78 is 17.8. The second-order valence-corrected chi connectivity index (χ2v) is 8.16. The highest BCUT2D eigenvalue weighted by Crippen LogP contribution is 2.27. The highest BCUT2D eigenvalue weighted by molar-refractivity contribution is 7.14. The fourth-order valence-corrected chi connectivity index (χ4v) is 3.85. The van der Waals surface area contributed by atoms with Crippen molar-refractivity contribution in [2.75, 3.05) is 12.4 Å². The van der Waals surface area contributed by atoms with Gasteiger partial charge in [-0.15, -0.1) is 11.3 Å². The standard InChI is InChI=1S/C20H21FN4O5S/c1-10(2)8-14(16(26)24-19-22-13(9-31-19)18(28)30-3)25-17(27)15(23-20(25)29)11-4-6-12(21)7-5-11/h4-7,9-10,14-15H,8H2,1-3H3,(H,23,29)(H,22,24,26)/t14-,15?/m0/s1. The summed E-state index contributed by atoms with van der Waals surface area (Å²) in [5.41, 5.74) is 0.447. The predicted octanol–water partition coefficient (Wildman–Crippen LogP) is 2.72. The molecule has 1 aliphatic rings. The Morgan fingerprint density at radius 3 is 2.58 bits per heavy atom. The SMILES string of the molecule is COC(=O)c1csc(NC(=O)[C@H](CC(C)C)N2C(=O)NC(c3ccc(F)cc3)C2=O)n1. The number of rotatable bonds is 7. The van der Waals surface area contributed by atoms with Gasteiger partial charge in [-0.3, -0.25) is 9.59 Å². The van der Waals surface area contributed by atoms with Crippen molar-refractivity contribution in [1.82, 2.24) is 15.2 Å². The number of thiazole rings is 1. The van der Waals surface area contributed by atoms with Crippen molar-refractivity contribution in [2.45, 2.75) is 32.4 Å². The maximum Gasteiger partial charge on any atom is 0.357 e. The van der Waals surface area contributed by atoms with Gasteiger partial charge in [-0.1, -0.05) is 26.0 Å². The van der Waals surface area contributed by atoms with Crippen molar-refractivity contribution in [1.29, 1.82) is 0 Å². The number of benzene rings is 1. The number of carbonyl (C=O) groups is 4. The van der Waals surface area contributed by atoms with Crippen LogP contribution in [-0.2, 0) is 14.3 Å². The second kappa shape index (κ2) is 9.21. The summed E-state index contributed by atoms with van der Waals surface area (Å²) in [4.78, 5) is 55.0. The van der Waals surface area contributed by atoms with Crippen molar-refractivity contribution < 1.29 is 28.3 Å². The molecule has 1 aromatic carbocycles. The molecule has 0 aliphatic carbocycles. The number of hydrogen-bond donors (Lipinski definition) is 2. The Bertz CT molecular complexity index is 1010. The molecule has 164 valence electrons. The van der Waals surface area contributed by atoms with Crippen LogP contribution in [0.1, 0.15) is 42.4 Å². The number of anilines is 1. The Balaban J connectivity index is 1.82. The molecule has 0 radical (unpaired) electrons. The van der Waals surface area contributed by atoms with Gasteiger partial charge in [-0.2, -0.15) is 0 Å². The van der Waals surface area contributed by atoms with E-state index in [1.54, 1.807) is 0 Å². The van der Waals surface area contributed by atoms with Crippen LogP contribution in [0.3, 0.4) is 0 Å². The minimum absolute atomic E-state index is 0.0110. The third kappa shape index (κ3) is 4.88. The molecule has 0 spiro atoms. The van der Waals surface area contributed by atoms with Gasteiger partial charge in [-0.05, 0) is 30.0 Å². The number of amides is 4. The van der Waals surface area contributed by atoms with Crippen LogP contribution in [0.2, 0.25) is 0 Å². The number of aromatic nitrogens is 1. The van der Waals surface area contributed by atoms with E-state index in [-0.39, 0.29) is 23.2 Å². The van der Waals surface area contributed by atoms with Crippen molar-refractivity contribution in [3.63, 3.8) is 0 Å². The topological polar surface area (TPSA) is 118 Å². The van der Waals surface area contributed by atoms with Crippen molar-refractivity contribution in [3.05, 3.63) is 46.7 Å². The van der Waals surface area contributed by atoms with Crippen LogP contribution in [0.5, 0.6) is 0 Å². The largest absolute Gasteiger partial charge is 0.464 e. The number of nitrogens with one attached hydrogen (secondary N) is 2. The lowest BCUT2D eigenvalue weighted by Crippen LogP contribution is -2.48. The molecule has 3 rings (SSSR count). The molecular formula is C20H21FN4O5S. The van der Waals surface area contributed by atoms with E-state index in [9.17, 15) is 23.6 Å². The quantitative estimate of drug-likeness (QED) is 0.497. The summed E-state index contributed by atoms with van der Waals surface area (Å²) in [5.74, 6) is -2.34. The zero-order chi connectivity index (χ0) is 22.7. The molecule has 2 N–H and O–H groups in total. The van der Waals surface area contributed by atoms with Crippen molar-refractivity contribution in [2.24, 2.45) is 5.92 Å². The van der Waals surface area contributed by atoms with E-state index in [1.807, 2.05) is 13.8 Å². The zero-order valence-corrected chi connectivity index (χ0v) is 17.9. The number of nitrogens with zero attached hydrogens (tertiary/aromatic N) is 2. The number of urea groups is 1. The molecule has 1 fully saturated rings. The van der Waals surface area contributed by atoms with E-state index in [1.165, 1.54) is 36.8 Å². The van der Waals surface area contributed by atoms with E-state index < -0.39 is 41.7 Å². The maximum absolute atomic E-state index is 13.2. The number of halogens is 1. The third-order valence-electron chi connectivity index (χ3n) is 4.61. The monoisotopic (exact) mass is 448 g/mol. The molecule has 0 saturated carbocycles. The molecule has 9 nitrogen and oxygen atoms in total. The Labute approximate surface area is 181 Å². The smallest absolute Gasteiger partial charge is 0.357 e. The molecule has 4 amide bonds. The molecule has 2 atom stereocenters. The lowest BCUT2D eigenvalue weighted by Gasteiger charge is -2.25. The number of hydrogen-bond acceptors (Lipinski definition) is 7. The minimum atomic E-state index is -1.09. The Hall–Kier alpha value is -3.34. The number of esters is 1. The Kier molecular flexibility index (Phi) is 6.64. The Morgan fingerprint density at radius 2 is 1.97 bits per heavy atom. The van der Waals surface area contributed by atoms with Crippen LogP contribution in [0.25, 0.3) is 0 Å². The first kappa shape index (κ1) is 22.3. The average Bonchev–Trinajstić information content (AvgIpc) is 3.30. The maximum atomic E-state index is 13.2. The predicted molar refractivity (Wildman–Crippen MR) is 110 cm³/mol. The summed E-state index contributed by atoms with van der Waals surface area (Å²) in [7, 11) is 1.22. The number of carbonyl (C=O) groups excluding carboxylic acids is 4. The van der Waals surface area contributed by atoms with Gasteiger partial charge in [0.05, 0.1) is 7.11 Å². The molecule has 2 aromatic rings. The summed E-state index contributed by atoms with van der Waals surface area (Å²) >= 11 is 1.02. The lowest BCUT2D eigenvalue weighted by atomic mass is 10.0. The fraction of sp³-hybridized carbons (Fsp3) is 0.350. The van der Waals surface area contributed by atoms with Crippen molar-refractivity contribution >= 4 is 40.3 Å². The van der Waals surface area contributed by atoms with Gasteiger partial charge in [0.1, 0.15) is 17.9 Å². The summed E-state index contributed by atoms with van der Waals surface area (Å²) in [6.45, 7) is 3.71. The summed E-state index contributed by atoms with van der Waals surface area (Å²) in [5, 5.41) is 6.68. The molecule has 1 aromatic heterocycles. The summed E-state index contributed by atoms with van der Waals surface area (Å²) in [6, 6.07) is 2.37. The van der Waals surface area contributed by atoms with Crippen LogP contribution in [0.15, 0.2) is 29.6 Å². The van der Waals surface area contributed by atoms with Crippen LogP contribution >= 0.6 is 11.3 Å².